The molecule has 0 atom stereocenters. The third-order valence-corrected chi connectivity index (χ3v) is 4.20. The maximum absolute atomic E-state index is 8.76. The van der Waals surface area contributed by atoms with Gasteiger partial charge in [0.2, 0.25) is 0 Å². The molecular formula is C19H12N4S. The van der Waals surface area contributed by atoms with Crippen LogP contribution in [0.5, 0.6) is 0 Å². The van der Waals surface area contributed by atoms with Crippen LogP contribution < -0.4 is 5.32 Å². The molecular weight excluding hydrogens is 316 g/mol. The van der Waals surface area contributed by atoms with Crippen molar-refractivity contribution in [1.29, 1.82) is 10.5 Å². The molecule has 0 saturated carbocycles. The molecule has 3 rings (SSSR count). The van der Waals surface area contributed by atoms with Crippen molar-refractivity contribution in [3.05, 3.63) is 71.8 Å². The largest absolute Gasteiger partial charge is 0.360 e. The molecule has 1 N–H and O–H groups in total. The number of allylic oxidation sites excluding steroid dienone is 1. The zero-order chi connectivity index (χ0) is 16.8. The van der Waals surface area contributed by atoms with E-state index in [1.165, 1.54) is 6.20 Å². The van der Waals surface area contributed by atoms with Gasteiger partial charge in [-0.15, -0.1) is 11.3 Å². The molecule has 0 unspecified atom stereocenters. The number of benzene rings is 2. The normalized spacial score (nSPS) is 9.58. The Hall–Kier alpha value is -3.41. The molecule has 0 bridgehead atoms. The summed E-state index contributed by atoms with van der Waals surface area (Å²) in [5.41, 5.74) is 3.85. The summed E-state index contributed by atoms with van der Waals surface area (Å²) in [6, 6.07) is 21.4. The molecule has 1 heterocycles. The van der Waals surface area contributed by atoms with Gasteiger partial charge in [-0.3, -0.25) is 0 Å². The molecule has 3 aromatic rings. The Morgan fingerprint density at radius 3 is 2.50 bits per heavy atom. The van der Waals surface area contributed by atoms with Crippen LogP contribution >= 0.6 is 11.3 Å². The van der Waals surface area contributed by atoms with Gasteiger partial charge in [0.05, 0.1) is 5.69 Å². The summed E-state index contributed by atoms with van der Waals surface area (Å²) in [6.45, 7) is 0. The average molecular weight is 328 g/mol. The Morgan fingerprint density at radius 1 is 1.00 bits per heavy atom. The number of nitriles is 2. The Kier molecular flexibility index (Phi) is 4.67. The lowest BCUT2D eigenvalue weighted by Crippen LogP contribution is -1.90. The first-order valence-corrected chi connectivity index (χ1v) is 8.06. The third kappa shape index (κ3) is 3.49. The van der Waals surface area contributed by atoms with Crippen LogP contribution in [-0.4, -0.2) is 4.98 Å². The van der Waals surface area contributed by atoms with Gasteiger partial charge in [-0.25, -0.2) is 4.98 Å². The minimum absolute atomic E-state index is 0.0287. The van der Waals surface area contributed by atoms with E-state index in [9.17, 15) is 0 Å². The van der Waals surface area contributed by atoms with Crippen molar-refractivity contribution >= 4 is 17.0 Å². The van der Waals surface area contributed by atoms with Gasteiger partial charge in [0.15, 0.2) is 0 Å². The highest BCUT2D eigenvalue weighted by atomic mass is 32.1. The molecule has 1 aromatic heterocycles. The predicted octanol–water partition coefficient (Wildman–Crippen LogP) is 4.82. The Balaban J connectivity index is 1.85. The van der Waals surface area contributed by atoms with Gasteiger partial charge in [-0.2, -0.15) is 10.5 Å². The number of nitrogens with one attached hydrogen (secondary N) is 1. The zero-order valence-corrected chi connectivity index (χ0v) is 13.4. The van der Waals surface area contributed by atoms with E-state index in [4.69, 9.17) is 15.5 Å². The highest BCUT2D eigenvalue weighted by Crippen LogP contribution is 2.30. The van der Waals surface area contributed by atoms with Crippen molar-refractivity contribution in [2.75, 3.05) is 5.32 Å². The average Bonchev–Trinajstić information content (AvgIpc) is 3.14. The van der Waals surface area contributed by atoms with Crippen LogP contribution in [0.2, 0.25) is 0 Å². The van der Waals surface area contributed by atoms with Crippen LogP contribution in [0.4, 0.5) is 5.69 Å². The van der Waals surface area contributed by atoms with Crippen molar-refractivity contribution in [3.8, 4) is 34.0 Å². The fraction of sp³-hybridized carbons (Fsp3) is 0. The molecule has 0 spiro atoms. The molecule has 4 nitrogen and oxygen atoms in total. The van der Waals surface area contributed by atoms with Crippen LogP contribution in [-0.2, 0) is 0 Å². The topological polar surface area (TPSA) is 72.5 Å². The second-order valence-corrected chi connectivity index (χ2v) is 5.77. The molecule has 0 aliphatic heterocycles. The lowest BCUT2D eigenvalue weighted by atomic mass is 10.2. The number of nitrogens with zero attached hydrogens (tertiary/aromatic N) is 3. The molecule has 0 radical (unpaired) electrons. The summed E-state index contributed by atoms with van der Waals surface area (Å²) in [6.07, 6.45) is 1.40. The smallest absolute Gasteiger partial charge is 0.145 e. The molecule has 0 fully saturated rings. The first-order valence-electron chi connectivity index (χ1n) is 7.18. The van der Waals surface area contributed by atoms with E-state index in [-0.39, 0.29) is 5.57 Å². The van der Waals surface area contributed by atoms with Crippen molar-refractivity contribution in [2.45, 2.75) is 0 Å². The van der Waals surface area contributed by atoms with Gasteiger partial charge < -0.3 is 5.32 Å². The fourth-order valence-corrected chi connectivity index (χ4v) is 2.96. The summed E-state index contributed by atoms with van der Waals surface area (Å²) in [5.74, 6) is 0. The summed E-state index contributed by atoms with van der Waals surface area (Å²) in [4.78, 5) is 4.69. The number of hydrogen-bond donors (Lipinski definition) is 1. The first-order chi connectivity index (χ1) is 11.8. The van der Waals surface area contributed by atoms with Crippen LogP contribution in [0.25, 0.3) is 21.8 Å². The number of anilines is 1. The summed E-state index contributed by atoms with van der Waals surface area (Å²) in [7, 11) is 0. The molecule has 114 valence electrons. The lowest BCUT2D eigenvalue weighted by molar-refractivity contribution is 1.40. The maximum atomic E-state index is 8.76. The van der Waals surface area contributed by atoms with Crippen LogP contribution in [0.1, 0.15) is 0 Å². The number of rotatable bonds is 4. The van der Waals surface area contributed by atoms with Crippen LogP contribution in [0.15, 0.2) is 71.8 Å². The highest BCUT2D eigenvalue weighted by Gasteiger charge is 2.07. The molecule has 0 saturated heterocycles. The van der Waals surface area contributed by atoms with E-state index in [0.717, 1.165) is 27.5 Å². The highest BCUT2D eigenvalue weighted by molar-refractivity contribution is 7.13. The van der Waals surface area contributed by atoms with Crippen LogP contribution in [0.3, 0.4) is 0 Å². The summed E-state index contributed by atoms with van der Waals surface area (Å²) in [5, 5.41) is 23.4. The minimum atomic E-state index is 0.0287. The quantitative estimate of drug-likeness (QED) is 0.697. The SMILES string of the molecule is N#CC(C#N)=CNc1cccc(-c2nc(-c3ccccc3)cs2)c1. The monoisotopic (exact) mass is 328 g/mol. The number of thiazole rings is 1. The molecule has 0 aliphatic carbocycles. The molecule has 24 heavy (non-hydrogen) atoms. The molecule has 5 heteroatoms. The van der Waals surface area contributed by atoms with Crippen LogP contribution in [0, 0.1) is 22.7 Å². The number of aromatic nitrogens is 1. The van der Waals surface area contributed by atoms with Crippen molar-refractivity contribution < 1.29 is 0 Å². The van der Waals surface area contributed by atoms with E-state index in [0.29, 0.717) is 0 Å². The van der Waals surface area contributed by atoms with E-state index in [1.807, 2.05) is 72.1 Å². The summed E-state index contributed by atoms with van der Waals surface area (Å²) >= 11 is 1.58. The van der Waals surface area contributed by atoms with E-state index >= 15 is 0 Å². The second-order valence-electron chi connectivity index (χ2n) is 4.91. The van der Waals surface area contributed by atoms with E-state index < -0.39 is 0 Å². The summed E-state index contributed by atoms with van der Waals surface area (Å²) < 4.78 is 0. The molecule has 0 aliphatic rings. The fourth-order valence-electron chi connectivity index (χ4n) is 2.13. The third-order valence-electron chi connectivity index (χ3n) is 3.31. The van der Waals surface area contributed by atoms with E-state index in [2.05, 4.69) is 5.32 Å². The van der Waals surface area contributed by atoms with E-state index in [1.54, 1.807) is 11.3 Å². The van der Waals surface area contributed by atoms with Gasteiger partial charge in [0.1, 0.15) is 22.7 Å². The number of hydrogen-bond acceptors (Lipinski definition) is 5. The minimum Gasteiger partial charge on any atom is -0.360 e. The maximum Gasteiger partial charge on any atom is 0.145 e. The van der Waals surface area contributed by atoms with Crippen molar-refractivity contribution in [1.82, 2.24) is 4.98 Å². The predicted molar refractivity (Wildman–Crippen MR) is 95.9 cm³/mol. The standard InChI is InChI=1S/C19H12N4S/c20-10-14(11-21)12-22-17-8-4-7-16(9-17)19-23-18(13-24-19)15-5-2-1-3-6-15/h1-9,12-13,22H. The molecule has 2 aromatic carbocycles. The Labute approximate surface area is 144 Å². The van der Waals surface area contributed by atoms with Crippen molar-refractivity contribution in [2.24, 2.45) is 0 Å². The van der Waals surface area contributed by atoms with Crippen molar-refractivity contribution in [3.63, 3.8) is 0 Å². The van der Waals surface area contributed by atoms with Gasteiger partial charge in [-0.1, -0.05) is 42.5 Å². The Bertz CT molecular complexity index is 943. The molecule has 0 amide bonds. The lowest BCUT2D eigenvalue weighted by Gasteiger charge is -2.03. The van der Waals surface area contributed by atoms with Gasteiger partial charge in [0.25, 0.3) is 0 Å². The van der Waals surface area contributed by atoms with Gasteiger partial charge >= 0.3 is 0 Å². The second kappa shape index (κ2) is 7.23. The van der Waals surface area contributed by atoms with Gasteiger partial charge in [0, 0.05) is 28.4 Å². The Morgan fingerprint density at radius 2 is 1.75 bits per heavy atom. The first kappa shape index (κ1) is 15.5. The zero-order valence-electron chi connectivity index (χ0n) is 12.6. The van der Waals surface area contributed by atoms with Gasteiger partial charge in [-0.05, 0) is 12.1 Å².